The number of hydrogen-bond acceptors (Lipinski definition) is 11. The Morgan fingerprint density at radius 2 is 1.33 bits per heavy atom. The first kappa shape index (κ1) is 29.5. The first-order valence-electron chi connectivity index (χ1n) is 12.2. The lowest BCUT2D eigenvalue weighted by molar-refractivity contribution is -0.315. The van der Waals surface area contributed by atoms with E-state index in [-0.39, 0.29) is 29.0 Å². The maximum absolute atomic E-state index is 14.9. The van der Waals surface area contributed by atoms with Crippen LogP contribution in [-0.2, 0) is 9.47 Å². The van der Waals surface area contributed by atoms with E-state index < -0.39 is 79.2 Å². The third-order valence-corrected chi connectivity index (χ3v) is 7.08. The van der Waals surface area contributed by atoms with Gasteiger partial charge < -0.3 is 54.7 Å². The lowest BCUT2D eigenvalue weighted by Crippen LogP contribution is -2.66. The Kier molecular flexibility index (Phi) is 8.47. The molecule has 11 nitrogen and oxygen atoms in total. The molecule has 2 heterocycles. The molecule has 0 aliphatic carbocycles. The monoisotopic (exact) mass is 558 g/mol. The summed E-state index contributed by atoms with van der Waals surface area (Å²) in [5.41, 5.74) is -3.54. The summed E-state index contributed by atoms with van der Waals surface area (Å²) in [5.74, 6) is -2.48. The smallest absolute Gasteiger partial charge is 0.231 e. The summed E-state index contributed by atoms with van der Waals surface area (Å²) in [4.78, 5) is 0. The van der Waals surface area contributed by atoms with Gasteiger partial charge in [0.1, 0.15) is 23.9 Å². The second-order valence-electron chi connectivity index (χ2n) is 10.1. The minimum atomic E-state index is -2.14. The van der Waals surface area contributed by atoms with Gasteiger partial charge in [0, 0.05) is 6.42 Å². The summed E-state index contributed by atoms with van der Waals surface area (Å²) in [6, 6.07) is 7.34. The molecular weight excluding hydrogens is 526 g/mol. The maximum atomic E-state index is 14.9. The van der Waals surface area contributed by atoms with E-state index in [1.807, 2.05) is 0 Å². The van der Waals surface area contributed by atoms with Crippen molar-refractivity contribution >= 4 is 0 Å². The average molecular weight is 559 g/mol. The molecule has 2 saturated heterocycles. The summed E-state index contributed by atoms with van der Waals surface area (Å²) in [5, 5.41) is 70.1. The number of ether oxygens (including phenoxy) is 4. The zero-order chi connectivity index (χ0) is 28.7. The topological polar surface area (TPSA) is 179 Å². The normalized spacial score (nSPS) is 36.9. The third kappa shape index (κ3) is 5.73. The lowest BCUT2D eigenvalue weighted by Gasteiger charge is -2.45. The molecule has 2 aliphatic heterocycles. The molecule has 4 rings (SSSR count). The molecule has 0 aromatic heterocycles. The van der Waals surface area contributed by atoms with Crippen LogP contribution in [0.1, 0.15) is 20.3 Å². The summed E-state index contributed by atoms with van der Waals surface area (Å²) in [7, 11) is 0. The Balaban J connectivity index is 1.51. The van der Waals surface area contributed by atoms with E-state index in [1.54, 1.807) is 0 Å². The van der Waals surface area contributed by atoms with E-state index in [0.717, 1.165) is 19.1 Å². The predicted molar refractivity (Wildman–Crippen MR) is 128 cm³/mol. The number of halogens is 2. The van der Waals surface area contributed by atoms with Crippen molar-refractivity contribution in [2.45, 2.75) is 74.6 Å². The van der Waals surface area contributed by atoms with Crippen LogP contribution < -0.4 is 9.47 Å². The van der Waals surface area contributed by atoms with Gasteiger partial charge in [-0.05, 0) is 49.2 Å². The van der Waals surface area contributed by atoms with Crippen molar-refractivity contribution in [1.29, 1.82) is 0 Å². The van der Waals surface area contributed by atoms with Gasteiger partial charge in [-0.25, -0.2) is 8.78 Å². The molecule has 39 heavy (non-hydrogen) atoms. The number of aliphatic hydroxyl groups is 7. The second kappa shape index (κ2) is 11.2. The fourth-order valence-corrected chi connectivity index (χ4v) is 4.42. The molecule has 216 valence electrons. The largest absolute Gasteiger partial charge is 0.459 e. The summed E-state index contributed by atoms with van der Waals surface area (Å²) in [6.45, 7) is 1.27. The summed E-state index contributed by atoms with van der Waals surface area (Å²) < 4.78 is 51.5. The number of aliphatic hydroxyl groups excluding tert-OH is 5. The highest BCUT2D eigenvalue weighted by atomic mass is 19.1. The van der Waals surface area contributed by atoms with Gasteiger partial charge in [-0.15, -0.1) is 0 Å². The molecule has 0 amide bonds. The minimum absolute atomic E-state index is 0.0367. The van der Waals surface area contributed by atoms with Crippen molar-refractivity contribution in [3.8, 4) is 22.6 Å². The molecule has 0 saturated carbocycles. The molecule has 2 aliphatic rings. The Morgan fingerprint density at radius 3 is 1.79 bits per heavy atom. The van der Waals surface area contributed by atoms with Crippen molar-refractivity contribution in [1.82, 2.24) is 0 Å². The Morgan fingerprint density at radius 1 is 0.821 bits per heavy atom. The van der Waals surface area contributed by atoms with Crippen LogP contribution in [-0.4, -0.2) is 103 Å². The Hall–Kier alpha value is -2.46. The summed E-state index contributed by atoms with van der Waals surface area (Å²) >= 11 is 0. The van der Waals surface area contributed by atoms with Crippen LogP contribution in [0, 0.1) is 11.6 Å². The molecule has 0 unspecified atom stereocenters. The Bertz CT molecular complexity index is 1160. The van der Waals surface area contributed by atoms with Gasteiger partial charge in [0.25, 0.3) is 0 Å². The van der Waals surface area contributed by atoms with Crippen LogP contribution in [0.5, 0.6) is 11.5 Å². The van der Waals surface area contributed by atoms with Gasteiger partial charge in [-0.2, -0.15) is 0 Å². The lowest BCUT2D eigenvalue weighted by atomic mass is 9.88. The number of rotatable bonds is 7. The van der Waals surface area contributed by atoms with E-state index >= 15 is 0 Å². The highest BCUT2D eigenvalue weighted by Gasteiger charge is 2.53. The van der Waals surface area contributed by atoms with Crippen molar-refractivity contribution in [2.24, 2.45) is 0 Å². The minimum Gasteiger partial charge on any atom is -0.459 e. The molecule has 2 fully saturated rings. The molecule has 7 N–H and O–H groups in total. The van der Waals surface area contributed by atoms with Gasteiger partial charge in [0.2, 0.25) is 12.6 Å². The van der Waals surface area contributed by atoms with Crippen LogP contribution in [0.25, 0.3) is 11.1 Å². The van der Waals surface area contributed by atoms with Crippen molar-refractivity contribution < 1.29 is 63.5 Å². The van der Waals surface area contributed by atoms with Gasteiger partial charge in [0.15, 0.2) is 28.7 Å². The third-order valence-electron chi connectivity index (χ3n) is 7.08. The first-order chi connectivity index (χ1) is 18.3. The van der Waals surface area contributed by atoms with E-state index in [2.05, 4.69) is 0 Å². The molecule has 2 aromatic rings. The van der Waals surface area contributed by atoms with Gasteiger partial charge >= 0.3 is 0 Å². The quantitative estimate of drug-likeness (QED) is 0.239. The van der Waals surface area contributed by atoms with Crippen molar-refractivity contribution in [2.75, 3.05) is 13.2 Å². The van der Waals surface area contributed by atoms with E-state index in [9.17, 15) is 44.5 Å². The van der Waals surface area contributed by atoms with Crippen molar-refractivity contribution in [3.63, 3.8) is 0 Å². The number of benzene rings is 2. The SMILES string of the molecule is C[C@@]1(O)[C@@H](Oc2ccc(-c3ccc(O[C@H]4O[C@H](CO)[C@@H](O)[C@H](O)[C@]4(C)O)c(F)c3)cc2F)O[C@H](CO)C[C@@H]1O. The van der Waals surface area contributed by atoms with Crippen LogP contribution in [0.15, 0.2) is 36.4 Å². The van der Waals surface area contributed by atoms with Crippen LogP contribution in [0.3, 0.4) is 0 Å². The molecular formula is C26H32F2O11. The molecule has 13 heteroatoms. The first-order valence-corrected chi connectivity index (χ1v) is 12.2. The van der Waals surface area contributed by atoms with Gasteiger partial charge in [-0.1, -0.05) is 12.1 Å². The Labute approximate surface area is 222 Å². The highest BCUT2D eigenvalue weighted by molar-refractivity contribution is 5.65. The second-order valence-corrected chi connectivity index (χ2v) is 10.1. The molecule has 0 bridgehead atoms. The van der Waals surface area contributed by atoms with Crippen molar-refractivity contribution in [3.05, 3.63) is 48.0 Å². The molecule has 9 atom stereocenters. The fraction of sp³-hybridized carbons (Fsp3) is 0.538. The number of hydrogen-bond donors (Lipinski definition) is 7. The maximum Gasteiger partial charge on any atom is 0.231 e. The zero-order valence-corrected chi connectivity index (χ0v) is 21.1. The average Bonchev–Trinajstić information content (AvgIpc) is 2.89. The van der Waals surface area contributed by atoms with E-state index in [0.29, 0.717) is 0 Å². The fourth-order valence-electron chi connectivity index (χ4n) is 4.42. The van der Waals surface area contributed by atoms with Gasteiger partial charge in [0.05, 0.1) is 25.4 Å². The molecule has 2 aromatic carbocycles. The standard InChI is InChI=1S/C26H32F2O11/c1-25(34)20(31)9-14(10-29)36-23(25)37-17-5-3-12(7-15(17)27)13-4-6-18(16(28)8-13)38-24-26(2,35)22(33)21(32)19(11-30)39-24/h3-8,14,19-24,29-35H,9-11H2,1-2H3/t14-,19+,20-,21+,22-,23+,24-,25-,26-/m0/s1. The molecule has 0 radical (unpaired) electrons. The predicted octanol–water partition coefficient (Wildman–Crippen LogP) is -0.201. The van der Waals surface area contributed by atoms with Crippen LogP contribution >= 0.6 is 0 Å². The zero-order valence-electron chi connectivity index (χ0n) is 21.1. The van der Waals surface area contributed by atoms with E-state index in [1.165, 1.54) is 31.2 Å². The van der Waals surface area contributed by atoms with E-state index in [4.69, 9.17) is 18.9 Å². The summed E-state index contributed by atoms with van der Waals surface area (Å²) in [6.07, 6.45) is -9.88. The van der Waals surface area contributed by atoms with Crippen LogP contribution in [0.2, 0.25) is 0 Å². The van der Waals surface area contributed by atoms with Gasteiger partial charge in [-0.3, -0.25) is 0 Å². The molecule has 0 spiro atoms. The van der Waals surface area contributed by atoms with Crippen LogP contribution in [0.4, 0.5) is 8.78 Å². The highest BCUT2D eigenvalue weighted by Crippen LogP contribution is 2.36.